The fourth-order valence-corrected chi connectivity index (χ4v) is 7.11. The molecule has 0 aromatic heterocycles. The summed E-state index contributed by atoms with van der Waals surface area (Å²) in [6.45, 7) is 8.27. The lowest BCUT2D eigenvalue weighted by molar-refractivity contribution is -0.129. The molecule has 4 aliphatic rings. The van der Waals surface area contributed by atoms with Gasteiger partial charge in [-0.3, -0.25) is 9.59 Å². The molecule has 0 N–H and O–H groups in total. The van der Waals surface area contributed by atoms with Gasteiger partial charge >= 0.3 is 0 Å². The molecule has 7 nitrogen and oxygen atoms in total. The summed E-state index contributed by atoms with van der Waals surface area (Å²) in [7, 11) is 2.96. The lowest BCUT2D eigenvalue weighted by Gasteiger charge is -2.47. The molecule has 4 atom stereocenters. The normalized spacial score (nSPS) is 29.9. The maximum atomic E-state index is 13.8. The fourth-order valence-electron chi connectivity index (χ4n) is 6.85. The molecule has 0 amide bonds. The minimum Gasteiger partial charge on any atom is -0.496 e. The number of ketones is 2. The van der Waals surface area contributed by atoms with Gasteiger partial charge in [-0.2, -0.15) is 0 Å². The van der Waals surface area contributed by atoms with Gasteiger partial charge < -0.3 is 24.0 Å². The summed E-state index contributed by atoms with van der Waals surface area (Å²) >= 11 is 6.52. The van der Waals surface area contributed by atoms with E-state index in [0.29, 0.717) is 29.9 Å². The van der Waals surface area contributed by atoms with Crippen molar-refractivity contribution in [2.24, 2.45) is 11.8 Å². The SMILES string of the molecule is CCN(CC1CCCN2CCCCC12)C1=CC(=O)C2(Oc3c(Cl)c(OC)cc(OC)c3C2=O)C(C)C1. The summed E-state index contributed by atoms with van der Waals surface area (Å²) in [4.78, 5) is 32.6. The standard InChI is InChI=1S/C28H37ClN2O5/c1-5-30(16-18-9-8-12-31-11-7-6-10-20(18)31)19-13-17(2)28(23(32)14-19)27(33)24-21(34-3)15-22(35-4)25(29)26(24)36-28/h14-15,17-18,20H,5-13,16H2,1-4H3. The second-order valence-corrected chi connectivity index (χ2v) is 11.0. The molecule has 2 fully saturated rings. The zero-order valence-electron chi connectivity index (χ0n) is 21.8. The highest BCUT2D eigenvalue weighted by Gasteiger charge is 2.60. The predicted octanol–water partition coefficient (Wildman–Crippen LogP) is 4.75. The number of hydrogen-bond acceptors (Lipinski definition) is 7. The van der Waals surface area contributed by atoms with E-state index in [9.17, 15) is 9.59 Å². The van der Waals surface area contributed by atoms with E-state index < -0.39 is 5.60 Å². The Morgan fingerprint density at radius 2 is 1.89 bits per heavy atom. The number of carbonyl (C=O) groups excluding carboxylic acids is 2. The molecule has 5 rings (SSSR count). The molecule has 1 aromatic rings. The third-order valence-electron chi connectivity index (χ3n) is 8.76. The predicted molar refractivity (Wildman–Crippen MR) is 138 cm³/mol. The molecule has 3 aliphatic heterocycles. The molecule has 8 heteroatoms. The van der Waals surface area contributed by atoms with Gasteiger partial charge in [-0.05, 0) is 58.0 Å². The Morgan fingerprint density at radius 3 is 2.58 bits per heavy atom. The Hall–Kier alpha value is -2.25. The van der Waals surface area contributed by atoms with Crippen LogP contribution in [0.2, 0.25) is 5.02 Å². The van der Waals surface area contributed by atoms with E-state index in [-0.39, 0.29) is 33.8 Å². The van der Waals surface area contributed by atoms with Crippen LogP contribution < -0.4 is 14.2 Å². The van der Waals surface area contributed by atoms with Crippen molar-refractivity contribution in [3.05, 3.63) is 28.4 Å². The quantitative estimate of drug-likeness (QED) is 0.505. The van der Waals surface area contributed by atoms with Gasteiger partial charge in [0.25, 0.3) is 0 Å². The maximum absolute atomic E-state index is 13.8. The second kappa shape index (κ2) is 9.90. The van der Waals surface area contributed by atoms with Crippen molar-refractivity contribution in [3.8, 4) is 17.2 Å². The van der Waals surface area contributed by atoms with Gasteiger partial charge in [-0.15, -0.1) is 0 Å². The average molecular weight is 517 g/mol. The molecule has 3 heterocycles. The summed E-state index contributed by atoms with van der Waals surface area (Å²) in [6.07, 6.45) is 8.58. The number of Topliss-reactive ketones (excluding diaryl/α,β-unsaturated/α-hetero) is 1. The molecule has 1 aromatic carbocycles. The van der Waals surface area contributed by atoms with Crippen LogP contribution in [0.25, 0.3) is 0 Å². The highest BCUT2D eigenvalue weighted by molar-refractivity contribution is 6.36. The van der Waals surface area contributed by atoms with Crippen LogP contribution in [-0.2, 0) is 4.79 Å². The van der Waals surface area contributed by atoms with E-state index in [1.165, 1.54) is 59.4 Å². The maximum Gasteiger partial charge on any atom is 0.236 e. The number of methoxy groups -OCH3 is 2. The van der Waals surface area contributed by atoms with Gasteiger partial charge in [0.1, 0.15) is 22.1 Å². The van der Waals surface area contributed by atoms with Crippen molar-refractivity contribution in [2.45, 2.75) is 64.0 Å². The van der Waals surface area contributed by atoms with Crippen molar-refractivity contribution < 1.29 is 23.8 Å². The summed E-state index contributed by atoms with van der Waals surface area (Å²) in [5.41, 5.74) is -0.414. The molecule has 196 valence electrons. The number of piperidine rings is 2. The van der Waals surface area contributed by atoms with Crippen LogP contribution in [-0.4, -0.2) is 73.4 Å². The molecule has 1 aliphatic carbocycles. The molecule has 36 heavy (non-hydrogen) atoms. The van der Waals surface area contributed by atoms with Gasteiger partial charge in [0.05, 0.1) is 14.2 Å². The Morgan fingerprint density at radius 1 is 1.14 bits per heavy atom. The summed E-state index contributed by atoms with van der Waals surface area (Å²) in [5.74, 6) is 0.337. The summed E-state index contributed by atoms with van der Waals surface area (Å²) in [5, 5.41) is 0.179. The number of ether oxygens (including phenoxy) is 3. The lowest BCUT2D eigenvalue weighted by atomic mass is 9.74. The van der Waals surface area contributed by atoms with E-state index >= 15 is 0 Å². The van der Waals surface area contributed by atoms with Crippen LogP contribution >= 0.6 is 11.6 Å². The number of carbonyl (C=O) groups is 2. The van der Waals surface area contributed by atoms with E-state index in [0.717, 1.165) is 18.8 Å². The van der Waals surface area contributed by atoms with E-state index in [4.69, 9.17) is 25.8 Å². The third kappa shape index (κ3) is 3.90. The molecule has 0 bridgehead atoms. The fraction of sp³-hybridized carbons (Fsp3) is 0.643. The van der Waals surface area contributed by atoms with Crippen LogP contribution in [0.5, 0.6) is 17.2 Å². The monoisotopic (exact) mass is 516 g/mol. The first kappa shape index (κ1) is 25.4. The molecular weight excluding hydrogens is 480 g/mol. The summed E-state index contributed by atoms with van der Waals surface area (Å²) in [6, 6.07) is 2.21. The van der Waals surface area contributed by atoms with Crippen molar-refractivity contribution in [3.63, 3.8) is 0 Å². The van der Waals surface area contributed by atoms with Gasteiger partial charge in [0.15, 0.2) is 5.75 Å². The number of benzene rings is 1. The Labute approximate surface area is 218 Å². The van der Waals surface area contributed by atoms with Crippen molar-refractivity contribution >= 4 is 23.2 Å². The highest BCUT2D eigenvalue weighted by atomic mass is 35.5. The highest BCUT2D eigenvalue weighted by Crippen LogP contribution is 2.53. The Kier molecular flexibility index (Phi) is 6.98. The number of hydrogen-bond donors (Lipinski definition) is 0. The molecule has 2 saturated heterocycles. The molecule has 0 radical (unpaired) electrons. The zero-order chi connectivity index (χ0) is 25.6. The molecule has 0 saturated carbocycles. The first-order valence-corrected chi connectivity index (χ1v) is 13.7. The van der Waals surface area contributed by atoms with Crippen LogP contribution in [0.3, 0.4) is 0 Å². The number of halogens is 1. The zero-order valence-corrected chi connectivity index (χ0v) is 22.5. The minimum absolute atomic E-state index is 0.168. The largest absolute Gasteiger partial charge is 0.496 e. The van der Waals surface area contributed by atoms with E-state index in [2.05, 4.69) is 16.7 Å². The Bertz CT molecular complexity index is 1090. The molecule has 4 unspecified atom stereocenters. The topological polar surface area (TPSA) is 68.3 Å². The van der Waals surface area contributed by atoms with Crippen LogP contribution in [0.15, 0.2) is 17.8 Å². The van der Waals surface area contributed by atoms with Crippen LogP contribution in [0.1, 0.15) is 62.7 Å². The average Bonchev–Trinajstić information content (AvgIpc) is 3.21. The van der Waals surface area contributed by atoms with Gasteiger partial charge in [0.2, 0.25) is 17.2 Å². The minimum atomic E-state index is -1.63. The Balaban J connectivity index is 1.42. The van der Waals surface area contributed by atoms with E-state index in [1.807, 2.05) is 6.92 Å². The first-order chi connectivity index (χ1) is 17.3. The molecular formula is C28H37ClN2O5. The van der Waals surface area contributed by atoms with Crippen LogP contribution in [0, 0.1) is 11.8 Å². The van der Waals surface area contributed by atoms with E-state index in [1.54, 1.807) is 12.1 Å². The number of fused-ring (bicyclic) bond motifs is 2. The number of rotatable bonds is 6. The van der Waals surface area contributed by atoms with Crippen molar-refractivity contribution in [2.75, 3.05) is 40.4 Å². The van der Waals surface area contributed by atoms with Crippen LogP contribution in [0.4, 0.5) is 0 Å². The summed E-state index contributed by atoms with van der Waals surface area (Å²) < 4.78 is 17.0. The van der Waals surface area contributed by atoms with Crippen molar-refractivity contribution in [1.82, 2.24) is 9.80 Å². The van der Waals surface area contributed by atoms with Crippen molar-refractivity contribution in [1.29, 1.82) is 0 Å². The third-order valence-corrected chi connectivity index (χ3v) is 9.12. The van der Waals surface area contributed by atoms with Gasteiger partial charge in [-0.25, -0.2) is 0 Å². The smallest absolute Gasteiger partial charge is 0.236 e. The first-order valence-electron chi connectivity index (χ1n) is 13.3. The molecule has 1 spiro atoms. The van der Waals surface area contributed by atoms with Gasteiger partial charge in [0, 0.05) is 42.9 Å². The second-order valence-electron chi connectivity index (χ2n) is 10.6. The lowest BCUT2D eigenvalue weighted by Crippen LogP contribution is -2.56. The number of allylic oxidation sites excluding steroid dienone is 1. The number of nitrogens with zero attached hydrogens (tertiary/aromatic N) is 2. The van der Waals surface area contributed by atoms with Gasteiger partial charge in [-0.1, -0.05) is 24.9 Å².